The van der Waals surface area contributed by atoms with Crippen LogP contribution in [0.2, 0.25) is 18.1 Å². The number of carbonyl (C=O) groups is 2. The number of halogens is 1. The van der Waals surface area contributed by atoms with E-state index in [1.807, 2.05) is 26.8 Å². The largest absolute Gasteiger partial charge is 0.491 e. The number of amides is 1. The molecule has 0 atom stereocenters. The van der Waals surface area contributed by atoms with Gasteiger partial charge in [0.1, 0.15) is 5.60 Å². The van der Waals surface area contributed by atoms with Gasteiger partial charge in [-0.05, 0) is 95.1 Å². The molecule has 0 aliphatic heterocycles. The predicted molar refractivity (Wildman–Crippen MR) is 182 cm³/mol. The van der Waals surface area contributed by atoms with Crippen LogP contribution in [-0.4, -0.2) is 76.3 Å². The summed E-state index contributed by atoms with van der Waals surface area (Å²) in [4.78, 5) is 31.3. The van der Waals surface area contributed by atoms with Gasteiger partial charge >= 0.3 is 12.1 Å². The normalized spacial score (nSPS) is 12.2. The van der Waals surface area contributed by atoms with E-state index in [0.29, 0.717) is 43.1 Å². The molecule has 0 aliphatic carbocycles. The number of aromatic nitrogens is 1. The summed E-state index contributed by atoms with van der Waals surface area (Å²) in [7, 11) is 1.30. The molecule has 2 rings (SSSR count). The third-order valence-corrected chi connectivity index (χ3v) is 13.3. The van der Waals surface area contributed by atoms with E-state index in [9.17, 15) is 14.0 Å². The van der Waals surface area contributed by atoms with Crippen LogP contribution >= 0.6 is 11.3 Å². The lowest BCUT2D eigenvalue weighted by atomic mass is 10.1. The number of rotatable bonds is 17. The fraction of sp³-hybridized carbons (Fsp3) is 0.667. The molecule has 0 unspecified atom stereocenters. The molecule has 1 aromatic heterocycles. The number of hydrogen-bond acceptors (Lipinski definition) is 9. The first-order valence-corrected chi connectivity index (χ1v) is 19.5. The lowest BCUT2D eigenvalue weighted by Crippen LogP contribution is -2.41. The first kappa shape index (κ1) is 38.5. The van der Waals surface area contributed by atoms with Gasteiger partial charge in [0.2, 0.25) is 0 Å². The number of thiazole rings is 1. The molecule has 45 heavy (non-hydrogen) atoms. The predicted octanol–water partition coefficient (Wildman–Crippen LogP) is 8.09. The monoisotopic (exact) mass is 667 g/mol. The van der Waals surface area contributed by atoms with Gasteiger partial charge in [-0.3, -0.25) is 0 Å². The number of benzene rings is 1. The van der Waals surface area contributed by atoms with Crippen molar-refractivity contribution in [1.82, 2.24) is 9.88 Å². The van der Waals surface area contributed by atoms with Crippen LogP contribution in [0, 0.1) is 5.82 Å². The van der Waals surface area contributed by atoms with Gasteiger partial charge in [0.25, 0.3) is 0 Å². The quantitative estimate of drug-likeness (QED) is 0.103. The van der Waals surface area contributed by atoms with Crippen molar-refractivity contribution in [3.8, 4) is 5.75 Å². The number of carbonyl (C=O) groups excluding carboxylic acids is 2. The van der Waals surface area contributed by atoms with Crippen molar-refractivity contribution < 1.29 is 32.6 Å². The highest BCUT2D eigenvalue weighted by molar-refractivity contribution is 7.15. The van der Waals surface area contributed by atoms with Crippen LogP contribution in [0.5, 0.6) is 5.75 Å². The Hall–Kier alpha value is -2.70. The number of unbranched alkanes of at least 4 members (excludes halogenated alkanes) is 1. The number of nitrogens with one attached hydrogen (secondary N) is 1. The third kappa shape index (κ3) is 13.3. The maximum atomic E-state index is 14.7. The minimum absolute atomic E-state index is 0.182. The number of nitrogens with zero attached hydrogens (tertiary/aromatic N) is 2. The Morgan fingerprint density at radius 3 is 2.36 bits per heavy atom. The Labute approximate surface area is 274 Å². The molecular formula is C33H54FN3O6SSi. The highest BCUT2D eigenvalue weighted by Crippen LogP contribution is 2.36. The van der Waals surface area contributed by atoms with E-state index in [4.69, 9.17) is 18.6 Å². The Bertz CT molecular complexity index is 1240. The van der Waals surface area contributed by atoms with Gasteiger partial charge in [0.15, 0.2) is 30.7 Å². The van der Waals surface area contributed by atoms with E-state index in [-0.39, 0.29) is 23.5 Å². The second-order valence-corrected chi connectivity index (χ2v) is 19.6. The molecule has 1 amide bonds. The second-order valence-electron chi connectivity index (χ2n) is 13.7. The van der Waals surface area contributed by atoms with Crippen molar-refractivity contribution in [2.75, 3.05) is 45.8 Å². The van der Waals surface area contributed by atoms with E-state index in [1.54, 1.807) is 13.1 Å². The molecule has 9 nitrogen and oxygen atoms in total. The minimum Gasteiger partial charge on any atom is -0.491 e. The summed E-state index contributed by atoms with van der Waals surface area (Å²) in [6.45, 7) is 19.0. The van der Waals surface area contributed by atoms with Crippen LogP contribution in [0.1, 0.15) is 88.2 Å². The van der Waals surface area contributed by atoms with Crippen LogP contribution in [0.15, 0.2) is 18.2 Å². The van der Waals surface area contributed by atoms with E-state index in [2.05, 4.69) is 44.2 Å². The van der Waals surface area contributed by atoms with Gasteiger partial charge in [0.05, 0.1) is 13.7 Å². The molecule has 1 aromatic carbocycles. The lowest BCUT2D eigenvalue weighted by molar-refractivity contribution is 0.0297. The Morgan fingerprint density at radius 2 is 1.73 bits per heavy atom. The van der Waals surface area contributed by atoms with Crippen molar-refractivity contribution in [3.05, 3.63) is 40.2 Å². The van der Waals surface area contributed by atoms with Gasteiger partial charge in [-0.25, -0.2) is 19.0 Å². The summed E-state index contributed by atoms with van der Waals surface area (Å²) < 4.78 is 37.0. The number of aryl methyl sites for hydroxylation is 2. The van der Waals surface area contributed by atoms with Crippen LogP contribution < -0.4 is 10.1 Å². The van der Waals surface area contributed by atoms with Crippen molar-refractivity contribution in [3.63, 3.8) is 0 Å². The molecule has 1 heterocycles. The van der Waals surface area contributed by atoms with Crippen molar-refractivity contribution >= 4 is 36.8 Å². The topological polar surface area (TPSA) is 99.2 Å². The zero-order valence-corrected chi connectivity index (χ0v) is 30.7. The molecule has 0 fully saturated rings. The Balaban J connectivity index is 1.79. The molecular weight excluding hydrogens is 614 g/mol. The fourth-order valence-corrected chi connectivity index (χ4v) is 6.11. The smallest absolute Gasteiger partial charge is 0.410 e. The Kier molecular flexibility index (Phi) is 14.8. The number of ether oxygens (including phenoxy) is 3. The standard InChI is InChI=1S/C33H54FN3O6SSi/c1-32(2,3)43-31(39)37(7)20-13-15-24-17-18-26(25(34)23-24)41-21-14-16-27-28(29(38)40-8)36-30(44-27)35-19-11-12-22-42-45(9,10)33(4,5)6/h17-18,23H,11-16,19-22H2,1-10H3,(H,35,36). The van der Waals surface area contributed by atoms with Gasteiger partial charge in [-0.1, -0.05) is 26.8 Å². The number of anilines is 1. The van der Waals surface area contributed by atoms with Crippen LogP contribution in [0.3, 0.4) is 0 Å². The van der Waals surface area contributed by atoms with E-state index in [0.717, 1.165) is 36.4 Å². The van der Waals surface area contributed by atoms with Gasteiger partial charge in [0, 0.05) is 31.6 Å². The number of esters is 1. The van der Waals surface area contributed by atoms with Crippen molar-refractivity contribution in [2.45, 2.75) is 104 Å². The molecule has 0 radical (unpaired) electrons. The zero-order valence-electron chi connectivity index (χ0n) is 28.9. The highest BCUT2D eigenvalue weighted by atomic mass is 32.1. The molecule has 12 heteroatoms. The zero-order chi connectivity index (χ0) is 33.8. The molecule has 0 saturated carbocycles. The molecule has 2 aromatic rings. The first-order chi connectivity index (χ1) is 20.9. The lowest BCUT2D eigenvalue weighted by Gasteiger charge is -2.36. The van der Waals surface area contributed by atoms with Crippen LogP contribution in [0.25, 0.3) is 0 Å². The van der Waals surface area contributed by atoms with E-state index < -0.39 is 25.7 Å². The van der Waals surface area contributed by atoms with Crippen LogP contribution in [0.4, 0.5) is 14.3 Å². The fourth-order valence-electron chi connectivity index (χ4n) is 4.00. The first-order valence-electron chi connectivity index (χ1n) is 15.7. The summed E-state index contributed by atoms with van der Waals surface area (Å²) in [5.41, 5.74) is 0.585. The molecule has 1 N–H and O–H groups in total. The summed E-state index contributed by atoms with van der Waals surface area (Å²) in [6, 6.07) is 4.94. The van der Waals surface area contributed by atoms with E-state index in [1.165, 1.54) is 29.4 Å². The average Bonchev–Trinajstić information content (AvgIpc) is 3.34. The summed E-state index contributed by atoms with van der Waals surface area (Å²) >= 11 is 1.43. The molecule has 0 saturated heterocycles. The van der Waals surface area contributed by atoms with Crippen LogP contribution in [-0.2, 0) is 26.7 Å². The third-order valence-electron chi connectivity index (χ3n) is 7.66. The minimum atomic E-state index is -1.74. The summed E-state index contributed by atoms with van der Waals surface area (Å²) in [5.74, 6) is -0.721. The average molecular weight is 668 g/mol. The van der Waals surface area contributed by atoms with Crippen molar-refractivity contribution in [1.29, 1.82) is 0 Å². The van der Waals surface area contributed by atoms with Gasteiger partial charge < -0.3 is 28.9 Å². The maximum absolute atomic E-state index is 14.7. The SMILES string of the molecule is COC(=O)c1nc(NCCCCO[Si](C)(C)C(C)(C)C)sc1CCCOc1ccc(CCCN(C)C(=O)OC(C)(C)C)cc1F. The number of methoxy groups -OCH3 is 1. The Morgan fingerprint density at radius 1 is 1.02 bits per heavy atom. The molecule has 254 valence electrons. The van der Waals surface area contributed by atoms with Crippen molar-refractivity contribution in [2.24, 2.45) is 0 Å². The molecule has 0 spiro atoms. The van der Waals surface area contributed by atoms with Gasteiger partial charge in [-0.15, -0.1) is 11.3 Å². The number of hydrogen-bond donors (Lipinski definition) is 1. The summed E-state index contributed by atoms with van der Waals surface area (Å²) in [6.07, 6.45) is 3.92. The summed E-state index contributed by atoms with van der Waals surface area (Å²) in [5, 5.41) is 4.20. The second kappa shape index (κ2) is 17.3. The maximum Gasteiger partial charge on any atom is 0.410 e. The molecule has 0 bridgehead atoms. The van der Waals surface area contributed by atoms with E-state index >= 15 is 0 Å². The molecule has 0 aliphatic rings. The van der Waals surface area contributed by atoms with Gasteiger partial charge in [-0.2, -0.15) is 0 Å². The highest BCUT2D eigenvalue weighted by Gasteiger charge is 2.36.